The van der Waals surface area contributed by atoms with Gasteiger partial charge < -0.3 is 19.4 Å². The lowest BCUT2D eigenvalue weighted by Crippen LogP contribution is -2.20. The number of ether oxygens (including phenoxy) is 1. The van der Waals surface area contributed by atoms with Gasteiger partial charge in [-0.05, 0) is 25.7 Å². The van der Waals surface area contributed by atoms with E-state index in [1.165, 1.54) is 0 Å². The average Bonchev–Trinajstić information content (AvgIpc) is 2.84. The molecule has 1 aliphatic heterocycles. The van der Waals surface area contributed by atoms with Gasteiger partial charge in [0.05, 0.1) is 19.3 Å². The molecule has 0 aliphatic carbocycles. The van der Waals surface area contributed by atoms with Crippen molar-refractivity contribution in [3.63, 3.8) is 0 Å². The molecule has 4 N–H and O–H groups in total. The largest absolute Gasteiger partial charge is 0.469 e. The van der Waals surface area contributed by atoms with Gasteiger partial charge in [-0.2, -0.15) is 0 Å². The van der Waals surface area contributed by atoms with Crippen LogP contribution in [0.1, 0.15) is 38.5 Å². The Morgan fingerprint density at radius 3 is 2.39 bits per heavy atom. The van der Waals surface area contributed by atoms with E-state index in [0.29, 0.717) is 25.8 Å². The minimum atomic E-state index is -4.38. The maximum Gasteiger partial charge on any atom is 0.469 e. The quantitative estimate of drug-likeness (QED) is 0.219. The maximum atomic E-state index is 11.8. The number of hydrogen-bond acceptors (Lipinski definition) is 5. The Kier molecular flexibility index (Phi) is 9.52. The van der Waals surface area contributed by atoms with Crippen LogP contribution in [0.2, 0.25) is 0 Å². The van der Waals surface area contributed by atoms with E-state index in [2.05, 4.69) is 9.61 Å². The minimum absolute atomic E-state index is 0.000871. The lowest BCUT2D eigenvalue weighted by atomic mass is 9.97. The van der Waals surface area contributed by atoms with Crippen LogP contribution in [0, 0.1) is 0 Å². The first kappa shape index (κ1) is 21.3. The summed E-state index contributed by atoms with van der Waals surface area (Å²) in [7, 11) is -6.23. The monoisotopic (exact) mass is 373 g/mol. The van der Waals surface area contributed by atoms with E-state index in [1.807, 2.05) is 7.85 Å². The molecule has 0 saturated carbocycles. The van der Waals surface area contributed by atoms with Gasteiger partial charge >= 0.3 is 15.6 Å². The second kappa shape index (κ2) is 10.3. The molecule has 0 amide bonds. The van der Waals surface area contributed by atoms with Crippen molar-refractivity contribution in [3.8, 4) is 0 Å². The molecule has 0 aromatic heterocycles. The summed E-state index contributed by atoms with van der Waals surface area (Å²) in [6.07, 6.45) is 4.28. The van der Waals surface area contributed by atoms with Gasteiger partial charge in [0, 0.05) is 12.5 Å². The fraction of sp³-hybridized carbons (Fsp3) is 1.00. The summed E-state index contributed by atoms with van der Waals surface area (Å²) < 4.78 is 37.0. The van der Waals surface area contributed by atoms with E-state index in [0.717, 1.165) is 19.3 Å². The van der Waals surface area contributed by atoms with Gasteiger partial charge in [0.2, 0.25) is 0 Å². The Morgan fingerprint density at radius 1 is 1.09 bits per heavy atom. The first-order valence-electron chi connectivity index (χ1n) is 7.76. The van der Waals surface area contributed by atoms with Crippen molar-refractivity contribution < 1.29 is 37.6 Å². The molecule has 0 aromatic carbocycles. The molecule has 3 unspecified atom stereocenters. The molecular formula is C11H26BNO8P2. The third-order valence-corrected chi connectivity index (χ3v) is 5.04. The third-order valence-electron chi connectivity index (χ3n) is 3.40. The zero-order chi connectivity index (χ0) is 17.3. The summed E-state index contributed by atoms with van der Waals surface area (Å²) in [6, 6.07) is 0.171. The Hall–Kier alpha value is 0.245. The highest BCUT2D eigenvalue weighted by molar-refractivity contribution is 7.50. The van der Waals surface area contributed by atoms with Crippen molar-refractivity contribution in [1.29, 1.82) is 0 Å². The zero-order valence-electron chi connectivity index (χ0n) is 13.3. The summed E-state index contributed by atoms with van der Waals surface area (Å²) in [4.78, 5) is 26.6. The van der Waals surface area contributed by atoms with Crippen molar-refractivity contribution >= 4 is 23.4 Å². The molecule has 0 radical (unpaired) electrons. The van der Waals surface area contributed by atoms with Gasteiger partial charge in [0.1, 0.15) is 7.85 Å². The van der Waals surface area contributed by atoms with Crippen LogP contribution >= 0.6 is 15.6 Å². The van der Waals surface area contributed by atoms with Gasteiger partial charge in [-0.25, -0.2) is 14.2 Å². The molecule has 1 saturated heterocycles. The predicted octanol–water partition coefficient (Wildman–Crippen LogP) is 0.501. The predicted molar refractivity (Wildman–Crippen MR) is 86.7 cm³/mol. The molecular weight excluding hydrogens is 347 g/mol. The summed E-state index contributed by atoms with van der Waals surface area (Å²) in [5.74, 6) is 0. The Bertz CT molecular complexity index is 434. The Morgan fingerprint density at radius 2 is 1.78 bits per heavy atom. The summed E-state index contributed by atoms with van der Waals surface area (Å²) in [5, 5.41) is 2.49. The Balaban J connectivity index is 1.99. The van der Waals surface area contributed by atoms with E-state index in [4.69, 9.17) is 19.0 Å². The molecule has 0 bridgehead atoms. The van der Waals surface area contributed by atoms with Crippen LogP contribution in [-0.4, -0.2) is 54.4 Å². The summed E-state index contributed by atoms with van der Waals surface area (Å²) in [6.45, 7) is 0.430. The lowest BCUT2D eigenvalue weighted by Gasteiger charge is -2.16. The van der Waals surface area contributed by atoms with Crippen molar-refractivity contribution in [2.45, 2.75) is 50.6 Å². The van der Waals surface area contributed by atoms with Gasteiger partial charge in [-0.1, -0.05) is 12.8 Å². The fourth-order valence-electron chi connectivity index (χ4n) is 2.22. The molecule has 23 heavy (non-hydrogen) atoms. The highest BCUT2D eigenvalue weighted by Crippen LogP contribution is 2.38. The van der Waals surface area contributed by atoms with E-state index in [-0.39, 0.29) is 25.3 Å². The van der Waals surface area contributed by atoms with Crippen LogP contribution in [-0.2, 0) is 22.9 Å². The third kappa shape index (κ3) is 11.4. The van der Waals surface area contributed by atoms with Crippen molar-refractivity contribution in [2.75, 3.05) is 19.8 Å². The highest BCUT2D eigenvalue weighted by Gasteiger charge is 2.26. The first-order valence-corrected chi connectivity index (χ1v) is 10.9. The number of phosphoric ester groups is 1. The fourth-order valence-corrected chi connectivity index (χ4v) is 3.49. The van der Waals surface area contributed by atoms with Gasteiger partial charge in [-0.15, -0.1) is 0 Å². The normalized spacial score (nSPS) is 24.7. The van der Waals surface area contributed by atoms with Gasteiger partial charge in [0.25, 0.3) is 0 Å². The van der Waals surface area contributed by atoms with E-state index < -0.39 is 15.6 Å². The van der Waals surface area contributed by atoms with E-state index in [1.54, 1.807) is 0 Å². The van der Waals surface area contributed by atoms with Gasteiger partial charge in [-0.3, -0.25) is 9.05 Å². The highest BCUT2D eigenvalue weighted by atomic mass is 31.2. The number of hydrogen-bond donors (Lipinski definition) is 4. The molecule has 1 heterocycles. The smallest absolute Gasteiger partial charge is 0.382 e. The van der Waals surface area contributed by atoms with Crippen LogP contribution in [0.25, 0.3) is 0 Å². The topological polar surface area (TPSA) is 135 Å². The molecule has 9 nitrogen and oxygen atoms in total. The van der Waals surface area contributed by atoms with Crippen molar-refractivity contribution in [3.05, 3.63) is 0 Å². The molecule has 0 spiro atoms. The molecule has 12 heteroatoms. The minimum Gasteiger partial charge on any atom is -0.382 e. The van der Waals surface area contributed by atoms with Crippen LogP contribution < -0.4 is 5.09 Å². The number of nitrogens with one attached hydrogen (secondary N) is 1. The summed E-state index contributed by atoms with van der Waals surface area (Å²) in [5.41, 5.74) is 0. The molecule has 1 rings (SSSR count). The van der Waals surface area contributed by atoms with E-state index in [9.17, 15) is 14.0 Å². The molecule has 136 valence electrons. The van der Waals surface area contributed by atoms with Crippen LogP contribution in [0.15, 0.2) is 0 Å². The molecule has 0 aromatic rings. The second-order valence-corrected chi connectivity index (χ2v) is 8.46. The maximum absolute atomic E-state index is 11.8. The first-order chi connectivity index (χ1) is 10.7. The van der Waals surface area contributed by atoms with E-state index >= 15 is 0 Å². The van der Waals surface area contributed by atoms with Crippen molar-refractivity contribution in [2.24, 2.45) is 0 Å². The van der Waals surface area contributed by atoms with Crippen molar-refractivity contribution in [1.82, 2.24) is 5.09 Å². The molecule has 1 fully saturated rings. The average molecular weight is 373 g/mol. The van der Waals surface area contributed by atoms with Crippen LogP contribution in [0.5, 0.6) is 0 Å². The number of unbranched alkanes of at least 4 members (excludes halogenated alkanes) is 3. The number of phosphoric acid groups is 1. The zero-order valence-corrected chi connectivity index (χ0v) is 15.1. The standard InChI is InChI=1S/C11H26BNO8P2/c12-11-6-5-10(21-11)9-20-22(14,15)13-7-3-1-2-4-8-19-23(16,17)18/h10-11H,1-9,12H2,(H2,13,14,15)(H2,16,17,18). The van der Waals surface area contributed by atoms with Gasteiger partial charge in [0.15, 0.2) is 0 Å². The second-order valence-electron chi connectivity index (χ2n) is 5.61. The Labute approximate surface area is 137 Å². The number of rotatable bonds is 12. The summed E-state index contributed by atoms with van der Waals surface area (Å²) >= 11 is 0. The molecule has 3 atom stereocenters. The van der Waals surface area contributed by atoms with Crippen LogP contribution in [0.3, 0.4) is 0 Å². The molecule has 1 aliphatic rings. The SMILES string of the molecule is BC1CCC(COP(=O)(O)NCCCCCCOP(=O)(O)O)O1. The van der Waals surface area contributed by atoms with Crippen LogP contribution in [0.4, 0.5) is 0 Å². The lowest BCUT2D eigenvalue weighted by molar-refractivity contribution is 0.0465.